The molecule has 126 valence electrons. The van der Waals surface area contributed by atoms with Crippen LogP contribution in [0.3, 0.4) is 0 Å². The van der Waals surface area contributed by atoms with Crippen LogP contribution in [-0.2, 0) is 0 Å². The SMILES string of the molecule is CC[C]1([Pb][C]2(CC)C(C)=C(C)C(C)=C2C)C(C)=C(C)C(C)=C1C. The van der Waals surface area contributed by atoms with Crippen molar-refractivity contribution >= 4 is 24.2 Å². The van der Waals surface area contributed by atoms with Crippen LogP contribution in [0.5, 0.6) is 0 Å². The number of hydrogen-bond acceptors (Lipinski definition) is 0. The molecule has 0 aromatic carbocycles. The minimum absolute atomic E-state index is 0.442. The summed E-state index contributed by atoms with van der Waals surface area (Å²) in [7, 11) is 0. The topological polar surface area (TPSA) is 0 Å². The van der Waals surface area contributed by atoms with Gasteiger partial charge in [-0.25, -0.2) is 0 Å². The van der Waals surface area contributed by atoms with E-state index in [9.17, 15) is 0 Å². The second-order valence-corrected chi connectivity index (χ2v) is 15.3. The number of rotatable bonds is 4. The summed E-state index contributed by atoms with van der Waals surface area (Å²) in [5, 5.41) is 0. The molecule has 0 aromatic heterocycles. The Morgan fingerprint density at radius 2 is 0.739 bits per heavy atom. The molecule has 1 heteroatoms. The first-order valence-corrected chi connectivity index (χ1v) is 13.0. The normalized spacial score (nSPS) is 23.7. The molecule has 0 amide bonds. The van der Waals surface area contributed by atoms with Crippen molar-refractivity contribution in [1.29, 1.82) is 0 Å². The predicted molar refractivity (Wildman–Crippen MR) is 105 cm³/mol. The van der Waals surface area contributed by atoms with E-state index < -0.39 is 24.2 Å². The monoisotopic (exact) mass is 506 g/mol. The van der Waals surface area contributed by atoms with Crippen LogP contribution in [0.25, 0.3) is 0 Å². The maximum absolute atomic E-state index is 2.43. The van der Waals surface area contributed by atoms with Gasteiger partial charge in [0, 0.05) is 0 Å². The molecule has 23 heavy (non-hydrogen) atoms. The van der Waals surface area contributed by atoms with E-state index in [1.165, 1.54) is 12.8 Å². The third-order valence-electron chi connectivity index (χ3n) is 7.42. The first-order chi connectivity index (χ1) is 10.6. The summed E-state index contributed by atoms with van der Waals surface area (Å²) in [6, 6.07) is 0. The van der Waals surface area contributed by atoms with Gasteiger partial charge in [-0.05, 0) is 0 Å². The van der Waals surface area contributed by atoms with Crippen molar-refractivity contribution in [1.82, 2.24) is 0 Å². The standard InChI is InChI=1S/2C11H17.Pb/c2*1-6-11-9(4)7(2)8(3)10(11)5;/h2*6H2,1-5H3;. The van der Waals surface area contributed by atoms with Gasteiger partial charge in [0.05, 0.1) is 0 Å². The fourth-order valence-electron chi connectivity index (χ4n) is 4.94. The van der Waals surface area contributed by atoms with E-state index in [0.717, 1.165) is 0 Å². The van der Waals surface area contributed by atoms with Gasteiger partial charge in [0.1, 0.15) is 0 Å². The summed E-state index contributed by atoms with van der Waals surface area (Å²) in [5.74, 6) is 0. The van der Waals surface area contributed by atoms with Gasteiger partial charge in [0.2, 0.25) is 0 Å². The molecular formula is C22H34Pb. The van der Waals surface area contributed by atoms with Gasteiger partial charge in [-0.2, -0.15) is 0 Å². The molecule has 2 aliphatic rings. The summed E-state index contributed by atoms with van der Waals surface area (Å²) < 4.78 is 0.884. The molecule has 0 unspecified atom stereocenters. The van der Waals surface area contributed by atoms with Crippen molar-refractivity contribution in [3.63, 3.8) is 0 Å². The van der Waals surface area contributed by atoms with E-state index in [4.69, 9.17) is 0 Å². The third kappa shape index (κ3) is 2.41. The molecule has 2 aliphatic carbocycles. The van der Waals surface area contributed by atoms with Crippen LogP contribution in [0, 0.1) is 0 Å². The van der Waals surface area contributed by atoms with Gasteiger partial charge >= 0.3 is 157 Å². The van der Waals surface area contributed by atoms with Crippen molar-refractivity contribution in [3.8, 4) is 0 Å². The van der Waals surface area contributed by atoms with Crippen LogP contribution in [0.1, 0.15) is 82.1 Å². The van der Waals surface area contributed by atoms with Gasteiger partial charge in [-0.1, -0.05) is 0 Å². The summed E-state index contributed by atoms with van der Waals surface area (Å²) >= 11 is -1.05. The fraction of sp³-hybridized carbons (Fsp3) is 0.636. The number of hydrogen-bond donors (Lipinski definition) is 0. The second-order valence-electron chi connectivity index (χ2n) is 7.64. The van der Waals surface area contributed by atoms with E-state index >= 15 is 0 Å². The Morgan fingerprint density at radius 1 is 0.522 bits per heavy atom. The van der Waals surface area contributed by atoms with E-state index in [1.54, 1.807) is 44.6 Å². The molecule has 0 atom stereocenters. The summed E-state index contributed by atoms with van der Waals surface area (Å²) in [5.41, 5.74) is 13.1. The first kappa shape index (κ1) is 19.2. The van der Waals surface area contributed by atoms with E-state index in [-0.39, 0.29) is 0 Å². The fourth-order valence-corrected chi connectivity index (χ4v) is 15.0. The van der Waals surface area contributed by atoms with Gasteiger partial charge in [-0.15, -0.1) is 0 Å². The molecule has 0 saturated heterocycles. The Labute approximate surface area is 156 Å². The molecule has 0 spiro atoms. The van der Waals surface area contributed by atoms with Gasteiger partial charge in [0.25, 0.3) is 0 Å². The quantitative estimate of drug-likeness (QED) is 0.355. The summed E-state index contributed by atoms with van der Waals surface area (Å²) in [6.07, 6.45) is 2.59. The van der Waals surface area contributed by atoms with E-state index in [1.807, 2.05) is 0 Å². The number of allylic oxidation sites excluding steroid dienone is 8. The zero-order valence-corrected chi connectivity index (χ0v) is 20.8. The van der Waals surface area contributed by atoms with Crippen LogP contribution >= 0.6 is 0 Å². The van der Waals surface area contributed by atoms with Crippen LogP contribution in [-0.4, -0.2) is 24.2 Å². The maximum atomic E-state index is 2.43. The van der Waals surface area contributed by atoms with E-state index in [0.29, 0.717) is 5.95 Å². The van der Waals surface area contributed by atoms with E-state index in [2.05, 4.69) is 69.2 Å². The predicted octanol–water partition coefficient (Wildman–Crippen LogP) is 7.20. The Hall–Kier alpha value is -0.118. The molecule has 0 aliphatic heterocycles. The molecule has 2 radical (unpaired) electrons. The van der Waals surface area contributed by atoms with Crippen LogP contribution in [0.15, 0.2) is 44.6 Å². The minimum atomic E-state index is -1.05. The van der Waals surface area contributed by atoms with Crippen LogP contribution in [0.2, 0.25) is 5.95 Å². The van der Waals surface area contributed by atoms with Crippen molar-refractivity contribution in [3.05, 3.63) is 44.6 Å². The summed E-state index contributed by atoms with van der Waals surface area (Å²) in [6.45, 7) is 24.0. The molecule has 0 bridgehead atoms. The van der Waals surface area contributed by atoms with Gasteiger partial charge < -0.3 is 0 Å². The van der Waals surface area contributed by atoms with Crippen LogP contribution < -0.4 is 0 Å². The molecule has 0 N–H and O–H groups in total. The Kier molecular flexibility index (Phi) is 5.27. The van der Waals surface area contributed by atoms with Gasteiger partial charge in [0.15, 0.2) is 0 Å². The molecule has 0 heterocycles. The van der Waals surface area contributed by atoms with Crippen LogP contribution in [0.4, 0.5) is 0 Å². The Morgan fingerprint density at radius 3 is 0.913 bits per heavy atom. The average Bonchev–Trinajstić information content (AvgIpc) is 2.81. The Bertz CT molecular complexity index is 558. The molecule has 2 rings (SSSR count). The first-order valence-electron chi connectivity index (χ1n) is 9.12. The third-order valence-corrected chi connectivity index (χ3v) is 19.3. The van der Waals surface area contributed by atoms with Gasteiger partial charge in [-0.3, -0.25) is 0 Å². The average molecular weight is 506 g/mol. The van der Waals surface area contributed by atoms with Crippen molar-refractivity contribution in [2.75, 3.05) is 0 Å². The van der Waals surface area contributed by atoms with Crippen molar-refractivity contribution in [2.45, 2.75) is 88.0 Å². The zero-order valence-electron chi connectivity index (χ0n) is 16.9. The van der Waals surface area contributed by atoms with Crippen molar-refractivity contribution < 1.29 is 0 Å². The second kappa shape index (κ2) is 6.31. The molecular weight excluding hydrogens is 471 g/mol. The Balaban J connectivity index is 2.65. The van der Waals surface area contributed by atoms with Crippen molar-refractivity contribution in [2.24, 2.45) is 0 Å². The molecule has 0 saturated carbocycles. The summed E-state index contributed by atoms with van der Waals surface area (Å²) in [4.78, 5) is 0. The molecule has 0 nitrogen and oxygen atoms in total. The zero-order chi connectivity index (χ0) is 17.7. The molecule has 0 aromatic rings. The molecule has 0 fully saturated rings.